The molecule has 3 aromatic rings. The molecule has 2 aromatic heterocycles. The third-order valence-corrected chi connectivity index (χ3v) is 5.46. The van der Waals surface area contributed by atoms with Crippen LogP contribution in [0.4, 0.5) is 10.2 Å². The fraction of sp³-hybridized carbons (Fsp3) is 0.364. The van der Waals surface area contributed by atoms with Crippen LogP contribution < -0.4 is 5.32 Å². The highest BCUT2D eigenvalue weighted by Gasteiger charge is 2.35. The van der Waals surface area contributed by atoms with Crippen LogP contribution in [0.5, 0.6) is 0 Å². The number of aromatic nitrogens is 4. The molecule has 6 nitrogen and oxygen atoms in total. The summed E-state index contributed by atoms with van der Waals surface area (Å²) < 4.78 is 16.4. The minimum Gasteiger partial charge on any atom is -0.310 e. The number of hydrogen-bond donors (Lipinski definition) is 1. The van der Waals surface area contributed by atoms with Crippen molar-refractivity contribution in [2.45, 2.75) is 46.1 Å². The maximum absolute atomic E-state index is 14.5. The standard InChI is InChI=1S/C22H24FN5O/c1-12(2)28-11-24-27-21(28)19-6-5-7-20(25-19)26-22(29)17-10-16(15-8-13(15)3)14(4)9-18(17)23/h5-7,9-13,15H,8H2,1-4H3,(H,25,26,29). The molecule has 29 heavy (non-hydrogen) atoms. The highest BCUT2D eigenvalue weighted by Crippen LogP contribution is 2.48. The van der Waals surface area contributed by atoms with E-state index in [9.17, 15) is 9.18 Å². The average molecular weight is 393 g/mol. The van der Waals surface area contributed by atoms with E-state index in [-0.39, 0.29) is 11.6 Å². The van der Waals surface area contributed by atoms with Crippen molar-refractivity contribution in [3.63, 3.8) is 0 Å². The first kappa shape index (κ1) is 19.2. The molecule has 1 fully saturated rings. The molecular formula is C22H24FN5O. The van der Waals surface area contributed by atoms with Crippen LogP contribution in [0.2, 0.25) is 0 Å². The molecule has 0 spiro atoms. The third kappa shape index (κ3) is 3.77. The number of carbonyl (C=O) groups excluding carboxylic acids is 1. The van der Waals surface area contributed by atoms with Crippen molar-refractivity contribution in [1.29, 1.82) is 0 Å². The lowest BCUT2D eigenvalue weighted by Crippen LogP contribution is -2.16. The Kier molecular flexibility index (Phi) is 4.90. The summed E-state index contributed by atoms with van der Waals surface area (Å²) in [4.78, 5) is 17.2. The van der Waals surface area contributed by atoms with Crippen LogP contribution in [0.1, 0.15) is 60.6 Å². The summed E-state index contributed by atoms with van der Waals surface area (Å²) in [5.41, 5.74) is 2.57. The first-order valence-corrected chi connectivity index (χ1v) is 9.83. The topological polar surface area (TPSA) is 72.7 Å². The van der Waals surface area contributed by atoms with E-state index in [1.54, 1.807) is 30.6 Å². The van der Waals surface area contributed by atoms with Gasteiger partial charge in [0.2, 0.25) is 0 Å². The van der Waals surface area contributed by atoms with Crippen LogP contribution in [-0.2, 0) is 0 Å². The Balaban J connectivity index is 1.60. The van der Waals surface area contributed by atoms with Crippen LogP contribution >= 0.6 is 0 Å². The van der Waals surface area contributed by atoms with Gasteiger partial charge >= 0.3 is 0 Å². The summed E-state index contributed by atoms with van der Waals surface area (Å²) in [6.45, 7) is 8.10. The summed E-state index contributed by atoms with van der Waals surface area (Å²) in [5.74, 6) is 0.909. The zero-order valence-corrected chi connectivity index (χ0v) is 17.0. The lowest BCUT2D eigenvalue weighted by atomic mass is 9.99. The van der Waals surface area contributed by atoms with Gasteiger partial charge in [0.05, 0.1) is 5.56 Å². The molecule has 1 aliphatic rings. The predicted molar refractivity (Wildman–Crippen MR) is 109 cm³/mol. The van der Waals surface area contributed by atoms with Crippen LogP contribution in [-0.4, -0.2) is 25.7 Å². The molecule has 1 saturated carbocycles. The molecule has 7 heteroatoms. The molecule has 0 bridgehead atoms. The van der Waals surface area contributed by atoms with Crippen molar-refractivity contribution in [3.05, 3.63) is 59.2 Å². The number of anilines is 1. The van der Waals surface area contributed by atoms with E-state index in [1.165, 1.54) is 6.07 Å². The van der Waals surface area contributed by atoms with Gasteiger partial charge in [-0.15, -0.1) is 10.2 Å². The maximum Gasteiger partial charge on any atom is 0.259 e. The number of halogens is 1. The molecular weight excluding hydrogens is 369 g/mol. The Morgan fingerprint density at radius 3 is 2.76 bits per heavy atom. The van der Waals surface area contributed by atoms with Crippen molar-refractivity contribution < 1.29 is 9.18 Å². The number of carbonyl (C=O) groups is 1. The lowest BCUT2D eigenvalue weighted by Gasteiger charge is -2.12. The second-order valence-corrected chi connectivity index (χ2v) is 8.03. The minimum absolute atomic E-state index is 0.0438. The third-order valence-electron chi connectivity index (χ3n) is 5.46. The Labute approximate surface area is 169 Å². The summed E-state index contributed by atoms with van der Waals surface area (Å²) in [5, 5.41) is 10.8. The maximum atomic E-state index is 14.5. The molecule has 150 valence electrons. The van der Waals surface area contributed by atoms with E-state index >= 15 is 0 Å². The molecule has 1 amide bonds. The molecule has 2 heterocycles. The first-order valence-electron chi connectivity index (χ1n) is 9.83. The van der Waals surface area contributed by atoms with Crippen LogP contribution in [0, 0.1) is 18.7 Å². The second-order valence-electron chi connectivity index (χ2n) is 8.03. The van der Waals surface area contributed by atoms with Gasteiger partial charge in [-0.1, -0.05) is 13.0 Å². The van der Waals surface area contributed by atoms with Crippen LogP contribution in [0.25, 0.3) is 11.5 Å². The van der Waals surface area contributed by atoms with Crippen LogP contribution in [0.3, 0.4) is 0 Å². The number of nitrogens with zero attached hydrogens (tertiary/aromatic N) is 4. The van der Waals surface area contributed by atoms with Crippen molar-refractivity contribution >= 4 is 11.7 Å². The van der Waals surface area contributed by atoms with E-state index in [4.69, 9.17) is 0 Å². The Morgan fingerprint density at radius 1 is 1.31 bits per heavy atom. The number of nitrogens with one attached hydrogen (secondary N) is 1. The highest BCUT2D eigenvalue weighted by atomic mass is 19.1. The number of benzene rings is 1. The molecule has 0 aliphatic heterocycles. The summed E-state index contributed by atoms with van der Waals surface area (Å²) >= 11 is 0. The van der Waals surface area contributed by atoms with Gasteiger partial charge < -0.3 is 9.88 Å². The molecule has 2 atom stereocenters. The Hall–Kier alpha value is -3.09. The second kappa shape index (κ2) is 7.39. The van der Waals surface area contributed by atoms with Crippen LogP contribution in [0.15, 0.2) is 36.7 Å². The van der Waals surface area contributed by atoms with Gasteiger partial charge in [-0.05, 0) is 74.4 Å². The smallest absolute Gasteiger partial charge is 0.259 e. The van der Waals surface area contributed by atoms with Gasteiger partial charge in [0.15, 0.2) is 5.82 Å². The zero-order chi connectivity index (χ0) is 20.7. The van der Waals surface area contributed by atoms with Gasteiger partial charge in [-0.3, -0.25) is 4.79 Å². The van der Waals surface area contributed by atoms with E-state index < -0.39 is 11.7 Å². The number of pyridine rings is 1. The van der Waals surface area contributed by atoms with Gasteiger partial charge in [-0.2, -0.15) is 0 Å². The molecule has 4 rings (SSSR count). The SMILES string of the molecule is Cc1cc(F)c(C(=O)Nc2cccc(-c3nncn3C(C)C)n2)cc1C1CC1C. The Bertz CT molecular complexity index is 1070. The molecule has 1 aliphatic carbocycles. The van der Waals surface area contributed by atoms with E-state index in [2.05, 4.69) is 27.4 Å². The minimum atomic E-state index is -0.521. The van der Waals surface area contributed by atoms with E-state index in [0.717, 1.165) is 17.5 Å². The van der Waals surface area contributed by atoms with Crippen molar-refractivity contribution in [1.82, 2.24) is 19.7 Å². The zero-order valence-electron chi connectivity index (χ0n) is 17.0. The van der Waals surface area contributed by atoms with Crippen molar-refractivity contribution in [2.24, 2.45) is 5.92 Å². The number of hydrogen-bond acceptors (Lipinski definition) is 4. The summed E-state index contributed by atoms with van der Waals surface area (Å²) in [6.07, 6.45) is 2.72. The van der Waals surface area contributed by atoms with Gasteiger partial charge in [0, 0.05) is 6.04 Å². The Morgan fingerprint density at radius 2 is 2.07 bits per heavy atom. The number of rotatable bonds is 5. The van der Waals surface area contributed by atoms with E-state index in [1.807, 2.05) is 25.3 Å². The molecule has 1 N–H and O–H groups in total. The van der Waals surface area contributed by atoms with Gasteiger partial charge in [0.25, 0.3) is 5.91 Å². The van der Waals surface area contributed by atoms with Crippen molar-refractivity contribution in [2.75, 3.05) is 5.32 Å². The summed E-state index contributed by atoms with van der Waals surface area (Å²) in [7, 11) is 0. The molecule has 0 radical (unpaired) electrons. The van der Waals surface area contributed by atoms with Gasteiger partial charge in [0.1, 0.15) is 23.7 Å². The first-order chi connectivity index (χ1) is 13.8. The fourth-order valence-electron chi connectivity index (χ4n) is 3.63. The molecule has 0 saturated heterocycles. The number of aryl methyl sites for hydroxylation is 1. The average Bonchev–Trinajstić information content (AvgIpc) is 3.18. The normalized spacial score (nSPS) is 18.1. The molecule has 1 aromatic carbocycles. The summed E-state index contributed by atoms with van der Waals surface area (Å²) in [6, 6.07) is 8.56. The monoisotopic (exact) mass is 393 g/mol. The molecule has 2 unspecified atom stereocenters. The largest absolute Gasteiger partial charge is 0.310 e. The fourth-order valence-corrected chi connectivity index (χ4v) is 3.63. The highest BCUT2D eigenvalue weighted by molar-refractivity contribution is 6.04. The van der Waals surface area contributed by atoms with Crippen molar-refractivity contribution in [3.8, 4) is 11.5 Å². The van der Waals surface area contributed by atoms with E-state index in [0.29, 0.717) is 29.2 Å². The number of amides is 1. The van der Waals surface area contributed by atoms with Gasteiger partial charge in [-0.25, -0.2) is 9.37 Å². The predicted octanol–water partition coefficient (Wildman–Crippen LogP) is 4.74. The lowest BCUT2D eigenvalue weighted by molar-refractivity contribution is 0.102. The quantitative estimate of drug-likeness (QED) is 0.679.